The highest BCUT2D eigenvalue weighted by molar-refractivity contribution is 6.00. The van der Waals surface area contributed by atoms with E-state index in [2.05, 4.69) is 25.7 Å². The maximum absolute atomic E-state index is 13.9. The molecule has 2 aromatic heterocycles. The number of Topliss-reactive ketones (excluding diaryl/α,β-unsaturated/α-hetero) is 1. The van der Waals surface area contributed by atoms with Crippen molar-refractivity contribution in [2.75, 3.05) is 32.9 Å². The number of nitrogens with zero attached hydrogens (tertiary/aromatic N) is 4. The predicted octanol–water partition coefficient (Wildman–Crippen LogP) is 1.71. The lowest BCUT2D eigenvalue weighted by Gasteiger charge is -2.32. The Morgan fingerprint density at radius 2 is 1.79 bits per heavy atom. The smallest absolute Gasteiger partial charge is 0.274 e. The zero-order valence-corrected chi connectivity index (χ0v) is 27.3. The molecule has 13 nitrogen and oxygen atoms in total. The Morgan fingerprint density at radius 1 is 1.06 bits per heavy atom. The largest absolute Gasteiger partial charge is 0.379 e. The van der Waals surface area contributed by atoms with Crippen LogP contribution in [0.25, 0.3) is 0 Å². The third-order valence-corrected chi connectivity index (χ3v) is 9.30. The average Bonchev–Trinajstić information content (AvgIpc) is 3.57. The number of carbonyl (C=O) groups is 4. The summed E-state index contributed by atoms with van der Waals surface area (Å²) >= 11 is 0. The van der Waals surface area contributed by atoms with Crippen molar-refractivity contribution in [1.29, 1.82) is 0 Å². The van der Waals surface area contributed by atoms with Crippen LogP contribution < -0.4 is 10.6 Å². The van der Waals surface area contributed by atoms with Crippen LogP contribution in [0.2, 0.25) is 0 Å². The number of epoxide rings is 1. The molecule has 0 spiro atoms. The second-order valence-corrected chi connectivity index (χ2v) is 13.0. The lowest BCUT2D eigenvalue weighted by atomic mass is 9.93. The van der Waals surface area contributed by atoms with Crippen molar-refractivity contribution in [3.63, 3.8) is 0 Å². The summed E-state index contributed by atoms with van der Waals surface area (Å²) in [6.45, 7) is 7.19. The first kappa shape index (κ1) is 33.4. The second kappa shape index (κ2) is 14.8. The van der Waals surface area contributed by atoms with Crippen molar-refractivity contribution in [1.82, 2.24) is 30.6 Å². The minimum Gasteiger partial charge on any atom is -0.379 e. The first-order valence-corrected chi connectivity index (χ1v) is 16.5. The van der Waals surface area contributed by atoms with Gasteiger partial charge in [0.1, 0.15) is 17.7 Å². The van der Waals surface area contributed by atoms with E-state index in [4.69, 9.17) is 14.0 Å². The lowest BCUT2D eigenvalue weighted by molar-refractivity contribution is -0.141. The maximum atomic E-state index is 13.9. The fourth-order valence-corrected chi connectivity index (χ4v) is 6.40. The van der Waals surface area contributed by atoms with Crippen LogP contribution in [0, 0.1) is 0 Å². The molecule has 0 saturated carbocycles. The number of benzene rings is 1. The van der Waals surface area contributed by atoms with Gasteiger partial charge in [-0.3, -0.25) is 29.1 Å². The fourth-order valence-electron chi connectivity index (χ4n) is 6.40. The van der Waals surface area contributed by atoms with Gasteiger partial charge in [-0.15, -0.1) is 0 Å². The second-order valence-electron chi connectivity index (χ2n) is 13.0. The Balaban J connectivity index is 1.15. The van der Waals surface area contributed by atoms with Crippen molar-refractivity contribution < 1.29 is 33.2 Å². The van der Waals surface area contributed by atoms with Gasteiger partial charge in [-0.25, -0.2) is 0 Å². The molecule has 3 aliphatic rings. The number of amides is 3. The summed E-state index contributed by atoms with van der Waals surface area (Å²) in [4.78, 5) is 62.5. The normalized spacial score (nSPS) is 23.8. The van der Waals surface area contributed by atoms with Crippen LogP contribution in [-0.4, -0.2) is 106 Å². The van der Waals surface area contributed by atoms with Crippen LogP contribution in [0.5, 0.6) is 0 Å². The Morgan fingerprint density at radius 3 is 2.50 bits per heavy atom. The van der Waals surface area contributed by atoms with Crippen LogP contribution in [0.15, 0.2) is 65.4 Å². The molecule has 254 valence electrons. The number of hydrogen-bond donors (Lipinski definition) is 2. The number of rotatable bonds is 14. The van der Waals surface area contributed by atoms with Gasteiger partial charge in [0, 0.05) is 44.0 Å². The molecule has 3 amide bonds. The quantitative estimate of drug-likeness (QED) is 0.244. The molecule has 48 heavy (non-hydrogen) atoms. The van der Waals surface area contributed by atoms with Crippen LogP contribution in [-0.2, 0) is 43.2 Å². The van der Waals surface area contributed by atoms with Crippen molar-refractivity contribution >= 4 is 23.5 Å². The van der Waals surface area contributed by atoms with Crippen molar-refractivity contribution in [2.45, 2.75) is 75.8 Å². The zero-order chi connectivity index (χ0) is 33.7. The molecule has 1 aromatic carbocycles. The number of carbonyl (C=O) groups excluding carboxylic acids is 4. The minimum atomic E-state index is -0.956. The number of ether oxygens (including phenoxy) is 2. The fraction of sp³-hybridized carbons (Fsp3) is 0.486. The number of aryl methyl sites for hydroxylation is 1. The minimum absolute atomic E-state index is 0.0702. The molecular weight excluding hydrogens is 616 g/mol. The molecule has 3 fully saturated rings. The van der Waals surface area contributed by atoms with Crippen molar-refractivity contribution in [3.05, 3.63) is 83.5 Å². The van der Waals surface area contributed by atoms with E-state index in [1.54, 1.807) is 30.3 Å². The van der Waals surface area contributed by atoms with Gasteiger partial charge in [-0.05, 0) is 56.4 Å². The molecule has 13 heteroatoms. The zero-order valence-electron chi connectivity index (χ0n) is 27.3. The molecule has 0 aliphatic carbocycles. The number of ketones is 1. The number of hydrogen-bond acceptors (Lipinski definition) is 10. The van der Waals surface area contributed by atoms with Crippen LogP contribution in [0.1, 0.15) is 54.1 Å². The molecule has 1 unspecified atom stereocenters. The third kappa shape index (κ3) is 7.97. The molecule has 3 saturated heterocycles. The SMILES string of the molecule is CC1C[C@H](NC(=O)[C@H](CCc2ccccc2)NC(=O)c2cc(CN3CCOCC3)on2)C(=O)N1[C@@H](Cc1ccncc1)C(=O)[C@@]1(C)CO1. The van der Waals surface area contributed by atoms with Gasteiger partial charge >= 0.3 is 0 Å². The van der Waals surface area contributed by atoms with Crippen LogP contribution in [0.3, 0.4) is 0 Å². The molecule has 3 aliphatic heterocycles. The predicted molar refractivity (Wildman–Crippen MR) is 173 cm³/mol. The molecule has 6 rings (SSSR count). The standard InChI is InChI=1S/C35H42N6O7/c1-23-18-29(34(45)41(23)30(31(42)35(2)22-47-35)19-25-10-12-36-13-11-25)38-32(43)27(9-8-24-6-4-3-5-7-24)37-33(44)28-20-26(48-39-28)21-40-14-16-46-17-15-40/h3-7,10-13,20,23,27,29-30H,8-9,14-19,21-22H2,1-2H3,(H,37,44)(H,38,43)/t23?,27-,29-,30-,35+/m0/s1. The average molecular weight is 659 g/mol. The van der Waals surface area contributed by atoms with Crippen LogP contribution in [0.4, 0.5) is 0 Å². The summed E-state index contributed by atoms with van der Waals surface area (Å²) in [6, 6.07) is 12.0. The monoisotopic (exact) mass is 658 g/mol. The van der Waals surface area contributed by atoms with Gasteiger partial charge in [0.25, 0.3) is 5.91 Å². The Bertz CT molecular complexity index is 1590. The summed E-state index contributed by atoms with van der Waals surface area (Å²) < 4.78 is 16.3. The molecule has 2 N–H and O–H groups in total. The Kier molecular flexibility index (Phi) is 10.3. The lowest BCUT2D eigenvalue weighted by Crippen LogP contribution is -2.54. The topological polar surface area (TPSA) is 160 Å². The number of nitrogens with one attached hydrogen (secondary N) is 2. The molecule has 3 aromatic rings. The summed E-state index contributed by atoms with van der Waals surface area (Å²) in [5, 5.41) is 9.68. The molecular formula is C35H42N6O7. The van der Waals surface area contributed by atoms with E-state index in [9.17, 15) is 19.2 Å². The summed E-state index contributed by atoms with van der Waals surface area (Å²) in [5.74, 6) is -1.00. The summed E-state index contributed by atoms with van der Waals surface area (Å²) in [5.41, 5.74) is 1.00. The van der Waals surface area contributed by atoms with E-state index in [1.807, 2.05) is 49.4 Å². The number of aromatic nitrogens is 2. The van der Waals surface area contributed by atoms with Gasteiger partial charge in [-0.1, -0.05) is 35.5 Å². The first-order valence-electron chi connectivity index (χ1n) is 16.5. The maximum Gasteiger partial charge on any atom is 0.274 e. The molecule has 0 bridgehead atoms. The van der Waals surface area contributed by atoms with Gasteiger partial charge in [0.05, 0.1) is 32.4 Å². The first-order chi connectivity index (χ1) is 23.2. The third-order valence-electron chi connectivity index (χ3n) is 9.30. The highest BCUT2D eigenvalue weighted by Crippen LogP contribution is 2.33. The molecule has 5 heterocycles. The Labute approximate surface area is 279 Å². The summed E-state index contributed by atoms with van der Waals surface area (Å²) in [7, 11) is 0. The van der Waals surface area contributed by atoms with E-state index in [1.165, 1.54) is 0 Å². The highest BCUT2D eigenvalue weighted by atomic mass is 16.6. The number of likely N-dealkylation sites (tertiary alicyclic amines) is 1. The highest BCUT2D eigenvalue weighted by Gasteiger charge is 2.54. The van der Waals surface area contributed by atoms with Crippen molar-refractivity contribution in [3.8, 4) is 0 Å². The summed E-state index contributed by atoms with van der Waals surface area (Å²) in [6.07, 6.45) is 4.73. The number of morpholine rings is 1. The molecule has 0 radical (unpaired) electrons. The van der Waals surface area contributed by atoms with Crippen molar-refractivity contribution in [2.24, 2.45) is 0 Å². The Hall–Kier alpha value is -4.46. The van der Waals surface area contributed by atoms with Gasteiger partial charge in [0.15, 0.2) is 17.2 Å². The van der Waals surface area contributed by atoms with E-state index in [-0.39, 0.29) is 23.4 Å². The van der Waals surface area contributed by atoms with Gasteiger partial charge < -0.3 is 29.5 Å². The van der Waals surface area contributed by atoms with E-state index in [0.29, 0.717) is 57.8 Å². The van der Waals surface area contributed by atoms with E-state index in [0.717, 1.165) is 24.2 Å². The van der Waals surface area contributed by atoms with Crippen LogP contribution >= 0.6 is 0 Å². The molecule has 5 atom stereocenters. The number of pyridine rings is 1. The van der Waals surface area contributed by atoms with E-state index >= 15 is 0 Å². The van der Waals surface area contributed by atoms with E-state index < -0.39 is 35.5 Å². The van der Waals surface area contributed by atoms with Gasteiger partial charge in [0.2, 0.25) is 11.8 Å². The van der Waals surface area contributed by atoms with Gasteiger partial charge in [-0.2, -0.15) is 0 Å².